The van der Waals surface area contributed by atoms with E-state index in [9.17, 15) is 9.90 Å². The number of hydrogen-bond acceptors (Lipinski definition) is 3. The molecule has 0 spiro atoms. The lowest BCUT2D eigenvalue weighted by atomic mass is 9.93. The van der Waals surface area contributed by atoms with Crippen LogP contribution in [0.4, 0.5) is 0 Å². The van der Waals surface area contributed by atoms with Crippen LogP contribution >= 0.6 is 11.3 Å². The number of amides is 1. The van der Waals surface area contributed by atoms with Gasteiger partial charge in [-0.15, -0.1) is 11.3 Å². The van der Waals surface area contributed by atoms with Gasteiger partial charge in [-0.2, -0.15) is 0 Å². The number of thiophene rings is 1. The Labute approximate surface area is 100 Å². The Bertz CT molecular complexity index is 347. The molecule has 1 rings (SSSR count). The summed E-state index contributed by atoms with van der Waals surface area (Å²) in [5.41, 5.74) is 0.509. The summed E-state index contributed by atoms with van der Waals surface area (Å²) in [4.78, 5) is 12.7. The Morgan fingerprint density at radius 2 is 2.12 bits per heavy atom. The SMILES string of the molecule is CCC(CC)(CO)NC(=O)c1sccc1C. The maximum absolute atomic E-state index is 12.0. The highest BCUT2D eigenvalue weighted by atomic mass is 32.1. The number of carbonyl (C=O) groups excluding carboxylic acids is 1. The van der Waals surface area contributed by atoms with Gasteiger partial charge in [0.25, 0.3) is 5.91 Å². The standard InChI is InChI=1S/C12H19NO2S/c1-4-12(5-2,8-14)13-11(15)10-9(3)6-7-16-10/h6-7,14H,4-5,8H2,1-3H3,(H,13,15). The van der Waals surface area contributed by atoms with Crippen LogP contribution in [-0.4, -0.2) is 23.2 Å². The number of aryl methyl sites for hydroxylation is 1. The van der Waals surface area contributed by atoms with E-state index in [1.54, 1.807) is 0 Å². The van der Waals surface area contributed by atoms with Crippen LogP contribution in [0.25, 0.3) is 0 Å². The fraction of sp³-hybridized carbons (Fsp3) is 0.583. The first kappa shape index (κ1) is 13.2. The largest absolute Gasteiger partial charge is 0.394 e. The van der Waals surface area contributed by atoms with E-state index in [0.29, 0.717) is 0 Å². The summed E-state index contributed by atoms with van der Waals surface area (Å²) in [7, 11) is 0. The van der Waals surface area contributed by atoms with Crippen LogP contribution in [0, 0.1) is 6.92 Å². The fourth-order valence-electron chi connectivity index (χ4n) is 1.59. The van der Waals surface area contributed by atoms with Crippen molar-refractivity contribution in [3.05, 3.63) is 21.9 Å². The highest BCUT2D eigenvalue weighted by molar-refractivity contribution is 7.12. The quantitative estimate of drug-likeness (QED) is 0.831. The highest BCUT2D eigenvalue weighted by Crippen LogP contribution is 2.19. The minimum absolute atomic E-state index is 0.0177. The highest BCUT2D eigenvalue weighted by Gasteiger charge is 2.28. The van der Waals surface area contributed by atoms with Gasteiger partial charge in [0, 0.05) is 0 Å². The van der Waals surface area contributed by atoms with Crippen molar-refractivity contribution in [1.29, 1.82) is 0 Å². The second kappa shape index (κ2) is 5.46. The van der Waals surface area contributed by atoms with E-state index in [1.165, 1.54) is 11.3 Å². The summed E-state index contributed by atoms with van der Waals surface area (Å²) in [6, 6.07) is 1.93. The van der Waals surface area contributed by atoms with Crippen molar-refractivity contribution in [3.63, 3.8) is 0 Å². The molecule has 4 heteroatoms. The van der Waals surface area contributed by atoms with Gasteiger partial charge >= 0.3 is 0 Å². The number of rotatable bonds is 5. The molecular formula is C12H19NO2S. The second-order valence-corrected chi connectivity index (χ2v) is 4.95. The Morgan fingerprint density at radius 1 is 1.50 bits per heavy atom. The first-order valence-electron chi connectivity index (χ1n) is 5.56. The molecule has 0 aliphatic heterocycles. The normalized spacial score (nSPS) is 11.5. The molecule has 0 fully saturated rings. The first-order valence-corrected chi connectivity index (χ1v) is 6.44. The van der Waals surface area contributed by atoms with Crippen molar-refractivity contribution in [1.82, 2.24) is 5.32 Å². The van der Waals surface area contributed by atoms with Crippen molar-refractivity contribution in [2.75, 3.05) is 6.61 Å². The Hall–Kier alpha value is -0.870. The van der Waals surface area contributed by atoms with E-state index < -0.39 is 5.54 Å². The van der Waals surface area contributed by atoms with Gasteiger partial charge in [-0.3, -0.25) is 4.79 Å². The van der Waals surface area contributed by atoms with Crippen molar-refractivity contribution in [2.24, 2.45) is 0 Å². The molecule has 0 saturated heterocycles. The molecule has 0 unspecified atom stereocenters. The van der Waals surface area contributed by atoms with Crippen molar-refractivity contribution < 1.29 is 9.90 Å². The molecule has 0 radical (unpaired) electrons. The summed E-state index contributed by atoms with van der Waals surface area (Å²) in [6.07, 6.45) is 1.46. The third kappa shape index (κ3) is 2.62. The molecule has 0 atom stereocenters. The molecule has 0 saturated carbocycles. The minimum Gasteiger partial charge on any atom is -0.394 e. The summed E-state index contributed by atoms with van der Waals surface area (Å²) in [6.45, 7) is 5.85. The minimum atomic E-state index is -0.479. The summed E-state index contributed by atoms with van der Waals surface area (Å²) in [5, 5.41) is 14.2. The molecule has 2 N–H and O–H groups in total. The topological polar surface area (TPSA) is 49.3 Å². The monoisotopic (exact) mass is 241 g/mol. The second-order valence-electron chi connectivity index (χ2n) is 4.03. The van der Waals surface area contributed by atoms with E-state index in [-0.39, 0.29) is 12.5 Å². The van der Waals surface area contributed by atoms with E-state index in [0.717, 1.165) is 23.3 Å². The number of aliphatic hydroxyl groups excluding tert-OH is 1. The number of nitrogens with one attached hydrogen (secondary N) is 1. The molecule has 3 nitrogen and oxygen atoms in total. The van der Waals surface area contributed by atoms with Crippen LogP contribution in [-0.2, 0) is 0 Å². The van der Waals surface area contributed by atoms with Gasteiger partial charge in [0.05, 0.1) is 17.0 Å². The average molecular weight is 241 g/mol. The molecule has 0 bridgehead atoms. The van der Waals surface area contributed by atoms with Crippen molar-refractivity contribution in [2.45, 2.75) is 39.2 Å². The molecule has 0 aromatic carbocycles. The van der Waals surface area contributed by atoms with Crippen LogP contribution in [0.15, 0.2) is 11.4 Å². The zero-order valence-electron chi connectivity index (χ0n) is 10.0. The fourth-order valence-corrected chi connectivity index (χ4v) is 2.41. The van der Waals surface area contributed by atoms with Gasteiger partial charge in [-0.25, -0.2) is 0 Å². The van der Waals surface area contributed by atoms with Gasteiger partial charge in [0.1, 0.15) is 0 Å². The van der Waals surface area contributed by atoms with Gasteiger partial charge in [-0.1, -0.05) is 13.8 Å². The molecule has 1 aromatic heterocycles. The maximum atomic E-state index is 12.0. The molecule has 0 aliphatic carbocycles. The molecular weight excluding hydrogens is 222 g/mol. The molecule has 16 heavy (non-hydrogen) atoms. The zero-order valence-corrected chi connectivity index (χ0v) is 10.9. The molecule has 1 heterocycles. The van der Waals surface area contributed by atoms with Gasteiger partial charge in [0.2, 0.25) is 0 Å². The number of aliphatic hydroxyl groups is 1. The zero-order chi connectivity index (χ0) is 12.2. The average Bonchev–Trinajstić information content (AvgIpc) is 2.72. The molecule has 0 aliphatic rings. The lowest BCUT2D eigenvalue weighted by Gasteiger charge is -2.30. The Balaban J connectivity index is 2.81. The summed E-state index contributed by atoms with van der Waals surface area (Å²) in [5.74, 6) is -0.0785. The third-order valence-corrected chi connectivity index (χ3v) is 4.12. The van der Waals surface area contributed by atoms with Crippen LogP contribution in [0.5, 0.6) is 0 Å². The van der Waals surface area contributed by atoms with Gasteiger partial charge < -0.3 is 10.4 Å². The van der Waals surface area contributed by atoms with Crippen LogP contribution in [0.1, 0.15) is 41.9 Å². The lowest BCUT2D eigenvalue weighted by Crippen LogP contribution is -2.50. The Morgan fingerprint density at radius 3 is 2.50 bits per heavy atom. The van der Waals surface area contributed by atoms with E-state index in [4.69, 9.17) is 0 Å². The first-order chi connectivity index (χ1) is 7.58. The van der Waals surface area contributed by atoms with Crippen LogP contribution in [0.3, 0.4) is 0 Å². The molecule has 1 amide bonds. The molecule has 1 aromatic rings. The third-order valence-electron chi connectivity index (χ3n) is 3.10. The maximum Gasteiger partial charge on any atom is 0.262 e. The summed E-state index contributed by atoms with van der Waals surface area (Å²) < 4.78 is 0. The smallest absolute Gasteiger partial charge is 0.262 e. The predicted molar refractivity (Wildman–Crippen MR) is 66.9 cm³/mol. The Kier molecular flexibility index (Phi) is 4.50. The van der Waals surface area contributed by atoms with Crippen LogP contribution in [0.2, 0.25) is 0 Å². The van der Waals surface area contributed by atoms with Gasteiger partial charge in [-0.05, 0) is 36.8 Å². The molecule has 90 valence electrons. The van der Waals surface area contributed by atoms with Crippen LogP contribution < -0.4 is 5.32 Å². The van der Waals surface area contributed by atoms with Crippen molar-refractivity contribution in [3.8, 4) is 0 Å². The van der Waals surface area contributed by atoms with E-state index >= 15 is 0 Å². The number of carbonyl (C=O) groups is 1. The van der Waals surface area contributed by atoms with Crippen molar-refractivity contribution >= 4 is 17.2 Å². The lowest BCUT2D eigenvalue weighted by molar-refractivity contribution is 0.0821. The van der Waals surface area contributed by atoms with Gasteiger partial charge in [0.15, 0.2) is 0 Å². The summed E-state index contributed by atoms with van der Waals surface area (Å²) >= 11 is 1.44. The predicted octanol–water partition coefficient (Wildman–Crippen LogP) is 2.34. The van der Waals surface area contributed by atoms with E-state index in [2.05, 4.69) is 5.32 Å². The number of hydrogen-bond donors (Lipinski definition) is 2. The van der Waals surface area contributed by atoms with E-state index in [1.807, 2.05) is 32.2 Å².